The highest BCUT2D eigenvalue weighted by Gasteiger charge is 2.19. The fourth-order valence-corrected chi connectivity index (χ4v) is 2.30. The molecule has 0 saturated heterocycles. The van der Waals surface area contributed by atoms with Crippen molar-refractivity contribution in [2.45, 2.75) is 13.0 Å². The molecule has 0 fully saturated rings. The third-order valence-electron chi connectivity index (χ3n) is 3.32. The minimum Gasteiger partial charge on any atom is -0.494 e. The first kappa shape index (κ1) is 14.3. The lowest BCUT2D eigenvalue weighted by atomic mass is 9.95. The summed E-state index contributed by atoms with van der Waals surface area (Å²) in [5.74, 6) is 0.289. The largest absolute Gasteiger partial charge is 0.494 e. The predicted molar refractivity (Wildman–Crippen MR) is 77.2 cm³/mol. The van der Waals surface area contributed by atoms with Crippen molar-refractivity contribution in [3.05, 3.63) is 53.0 Å². The van der Waals surface area contributed by atoms with Crippen LogP contribution >= 0.6 is 0 Å². The molecule has 1 aromatic carbocycles. The van der Waals surface area contributed by atoms with E-state index in [9.17, 15) is 4.39 Å². The van der Waals surface area contributed by atoms with Gasteiger partial charge in [-0.25, -0.2) is 9.37 Å². The van der Waals surface area contributed by atoms with Crippen LogP contribution in [-0.2, 0) is 0 Å². The van der Waals surface area contributed by atoms with Crippen molar-refractivity contribution in [2.24, 2.45) is 0 Å². The lowest BCUT2D eigenvalue weighted by Crippen LogP contribution is -2.20. The Morgan fingerprint density at radius 3 is 2.70 bits per heavy atom. The average Bonchev–Trinajstić information content (AvgIpc) is 2.44. The minimum atomic E-state index is -0.387. The second-order valence-corrected chi connectivity index (χ2v) is 4.54. The second kappa shape index (κ2) is 5.88. The third kappa shape index (κ3) is 2.58. The number of hydrogen-bond acceptors (Lipinski definition) is 4. The maximum Gasteiger partial charge on any atom is 0.165 e. The van der Waals surface area contributed by atoms with Crippen LogP contribution in [0.2, 0.25) is 0 Å². The average molecular weight is 275 g/mol. The molecule has 1 aromatic heterocycles. The molecule has 0 aliphatic heterocycles. The Bertz CT molecular complexity index is 596. The standard InChI is InChI=1S/C15H18FN3O/c1-9-6-7-19-15(17)13(9)14(18-2)10-4-5-11(16)12(8-10)20-3/h4-8,14,18H,1-3H3,(H2,17,19). The van der Waals surface area contributed by atoms with Gasteiger partial charge in [-0.1, -0.05) is 6.07 Å². The molecule has 20 heavy (non-hydrogen) atoms. The van der Waals surface area contributed by atoms with Crippen LogP contribution in [0.5, 0.6) is 5.75 Å². The Morgan fingerprint density at radius 2 is 2.10 bits per heavy atom. The van der Waals surface area contributed by atoms with E-state index in [0.29, 0.717) is 5.82 Å². The molecule has 1 unspecified atom stereocenters. The summed E-state index contributed by atoms with van der Waals surface area (Å²) < 4.78 is 18.5. The molecular formula is C15H18FN3O. The highest BCUT2D eigenvalue weighted by molar-refractivity contribution is 5.50. The molecule has 0 aliphatic carbocycles. The molecule has 0 bridgehead atoms. The molecule has 0 aliphatic rings. The summed E-state index contributed by atoms with van der Waals surface area (Å²) in [7, 11) is 3.27. The van der Waals surface area contributed by atoms with Gasteiger partial charge < -0.3 is 15.8 Å². The molecule has 0 amide bonds. The van der Waals surface area contributed by atoms with Gasteiger partial charge in [-0.2, -0.15) is 0 Å². The van der Waals surface area contributed by atoms with Gasteiger partial charge in [0.1, 0.15) is 5.82 Å². The number of methoxy groups -OCH3 is 1. The molecule has 2 aromatic rings. The van der Waals surface area contributed by atoms with Crippen LogP contribution in [0.1, 0.15) is 22.7 Å². The SMILES string of the molecule is CNC(c1ccc(F)c(OC)c1)c1c(C)ccnc1N. The number of nitrogens with one attached hydrogen (secondary N) is 1. The highest BCUT2D eigenvalue weighted by Crippen LogP contribution is 2.30. The van der Waals surface area contributed by atoms with E-state index in [1.165, 1.54) is 13.2 Å². The van der Waals surface area contributed by atoms with Crippen molar-refractivity contribution < 1.29 is 9.13 Å². The summed E-state index contributed by atoms with van der Waals surface area (Å²) in [6, 6.07) is 6.50. The van der Waals surface area contributed by atoms with Crippen LogP contribution < -0.4 is 15.8 Å². The molecule has 4 nitrogen and oxygen atoms in total. The first-order valence-electron chi connectivity index (χ1n) is 6.30. The zero-order valence-electron chi connectivity index (χ0n) is 11.8. The Morgan fingerprint density at radius 1 is 1.35 bits per heavy atom. The van der Waals surface area contributed by atoms with Crippen LogP contribution in [0.3, 0.4) is 0 Å². The number of ether oxygens (including phenoxy) is 1. The summed E-state index contributed by atoms with van der Waals surface area (Å²) in [6.07, 6.45) is 1.67. The first-order valence-corrected chi connectivity index (χ1v) is 6.30. The number of aryl methyl sites for hydroxylation is 1. The smallest absolute Gasteiger partial charge is 0.165 e. The van der Waals surface area contributed by atoms with Crippen molar-refractivity contribution in [3.63, 3.8) is 0 Å². The Hall–Kier alpha value is -2.14. The van der Waals surface area contributed by atoms with E-state index >= 15 is 0 Å². The molecule has 106 valence electrons. The van der Waals surface area contributed by atoms with E-state index in [2.05, 4.69) is 10.3 Å². The van der Waals surface area contributed by atoms with Gasteiger partial charge in [0.25, 0.3) is 0 Å². The zero-order valence-corrected chi connectivity index (χ0v) is 11.8. The normalized spacial score (nSPS) is 12.2. The zero-order chi connectivity index (χ0) is 14.7. The van der Waals surface area contributed by atoms with Crippen molar-refractivity contribution >= 4 is 5.82 Å². The summed E-state index contributed by atoms with van der Waals surface area (Å²) in [6.45, 7) is 1.97. The monoisotopic (exact) mass is 275 g/mol. The second-order valence-electron chi connectivity index (χ2n) is 4.54. The number of anilines is 1. The Balaban J connectivity index is 2.53. The molecule has 0 radical (unpaired) electrons. The van der Waals surface area contributed by atoms with Crippen molar-refractivity contribution in [3.8, 4) is 5.75 Å². The van der Waals surface area contributed by atoms with Gasteiger partial charge in [0.05, 0.1) is 13.2 Å². The fraction of sp³-hybridized carbons (Fsp3) is 0.267. The van der Waals surface area contributed by atoms with Gasteiger partial charge in [0.2, 0.25) is 0 Å². The summed E-state index contributed by atoms with van der Waals surface area (Å²) >= 11 is 0. The molecule has 0 saturated carbocycles. The van der Waals surface area contributed by atoms with Crippen LogP contribution in [0.4, 0.5) is 10.2 Å². The van der Waals surface area contributed by atoms with Crippen molar-refractivity contribution in [1.82, 2.24) is 10.3 Å². The van der Waals surface area contributed by atoms with Gasteiger partial charge in [-0.15, -0.1) is 0 Å². The maximum atomic E-state index is 13.5. The lowest BCUT2D eigenvalue weighted by Gasteiger charge is -2.21. The van der Waals surface area contributed by atoms with E-state index in [4.69, 9.17) is 10.5 Å². The van der Waals surface area contributed by atoms with Crippen molar-refractivity contribution in [1.29, 1.82) is 0 Å². The number of nitrogen functional groups attached to an aromatic ring is 1. The third-order valence-corrected chi connectivity index (χ3v) is 3.32. The van der Waals surface area contributed by atoms with E-state index in [-0.39, 0.29) is 17.6 Å². The van der Waals surface area contributed by atoms with E-state index in [1.807, 2.05) is 20.0 Å². The van der Waals surface area contributed by atoms with Crippen molar-refractivity contribution in [2.75, 3.05) is 19.9 Å². The van der Waals surface area contributed by atoms with Crippen LogP contribution in [0.25, 0.3) is 0 Å². The van der Waals surface area contributed by atoms with E-state index in [0.717, 1.165) is 16.7 Å². The summed E-state index contributed by atoms with van der Waals surface area (Å²) in [5.41, 5.74) is 8.77. The number of benzene rings is 1. The highest BCUT2D eigenvalue weighted by atomic mass is 19.1. The topological polar surface area (TPSA) is 60.2 Å². The van der Waals surface area contributed by atoms with Crippen LogP contribution in [0.15, 0.2) is 30.5 Å². The number of aromatic nitrogens is 1. The molecule has 5 heteroatoms. The summed E-state index contributed by atoms with van der Waals surface area (Å²) in [4.78, 5) is 4.13. The molecular weight excluding hydrogens is 257 g/mol. The number of nitrogens with two attached hydrogens (primary N) is 1. The molecule has 1 heterocycles. The van der Waals surface area contributed by atoms with Gasteiger partial charge in [0.15, 0.2) is 11.6 Å². The number of rotatable bonds is 4. The fourth-order valence-electron chi connectivity index (χ4n) is 2.30. The van der Waals surface area contributed by atoms with Gasteiger partial charge in [-0.05, 0) is 43.3 Å². The molecule has 3 N–H and O–H groups in total. The molecule has 1 atom stereocenters. The first-order chi connectivity index (χ1) is 9.58. The number of pyridine rings is 1. The predicted octanol–water partition coefficient (Wildman–Crippen LogP) is 2.43. The van der Waals surface area contributed by atoms with Crippen LogP contribution in [-0.4, -0.2) is 19.1 Å². The maximum absolute atomic E-state index is 13.5. The van der Waals surface area contributed by atoms with Gasteiger partial charge in [-0.3, -0.25) is 0 Å². The Kier molecular flexibility index (Phi) is 4.20. The Labute approximate surface area is 117 Å². The van der Waals surface area contributed by atoms with E-state index < -0.39 is 0 Å². The molecule has 2 rings (SSSR count). The quantitative estimate of drug-likeness (QED) is 0.899. The summed E-state index contributed by atoms with van der Waals surface area (Å²) in [5, 5.41) is 3.19. The number of halogens is 1. The van der Waals surface area contributed by atoms with E-state index in [1.54, 1.807) is 18.3 Å². The molecule has 0 spiro atoms. The number of nitrogens with zero attached hydrogens (tertiary/aromatic N) is 1. The van der Waals surface area contributed by atoms with Crippen LogP contribution in [0, 0.1) is 12.7 Å². The van der Waals surface area contributed by atoms with Gasteiger partial charge >= 0.3 is 0 Å². The van der Waals surface area contributed by atoms with Gasteiger partial charge in [0, 0.05) is 11.8 Å². The lowest BCUT2D eigenvalue weighted by molar-refractivity contribution is 0.385. The number of hydrogen-bond donors (Lipinski definition) is 2. The minimum absolute atomic E-state index is 0.168.